The van der Waals surface area contributed by atoms with Crippen LogP contribution < -0.4 is 10.1 Å². The Hall–Kier alpha value is -1.33. The normalized spacial score (nSPS) is 10.5. The summed E-state index contributed by atoms with van der Waals surface area (Å²) in [5.74, 6) is 0.590. The van der Waals surface area contributed by atoms with Gasteiger partial charge in [0.15, 0.2) is 5.75 Å². The average molecular weight is 212 g/mol. The number of methoxy groups -OCH3 is 1. The smallest absolute Gasteiger partial charge is 0.160 e. The largest absolute Gasteiger partial charge is 0.493 e. The van der Waals surface area contributed by atoms with Crippen LogP contribution in [0.25, 0.3) is 0 Å². The van der Waals surface area contributed by atoms with Crippen molar-refractivity contribution in [3.05, 3.63) is 18.0 Å². The molecule has 0 aromatic carbocycles. The van der Waals surface area contributed by atoms with Gasteiger partial charge in [0.05, 0.1) is 38.2 Å². The van der Waals surface area contributed by atoms with E-state index in [4.69, 9.17) is 14.9 Å². The van der Waals surface area contributed by atoms with Gasteiger partial charge in [0, 0.05) is 5.69 Å². The van der Waals surface area contributed by atoms with Crippen molar-refractivity contribution in [2.45, 2.75) is 13.0 Å². The molecule has 0 atom stereocenters. The van der Waals surface area contributed by atoms with Crippen molar-refractivity contribution in [3.8, 4) is 5.75 Å². The predicted octanol–water partition coefficient (Wildman–Crippen LogP) is 0.164. The molecule has 5 heteroatoms. The topological polar surface area (TPSA) is 74.6 Å². The Balaban J connectivity index is 2.86. The Morgan fingerprint density at radius 2 is 2.13 bits per heavy atom. The highest BCUT2D eigenvalue weighted by atomic mass is 16.5. The maximum absolute atomic E-state index is 8.94. The van der Waals surface area contributed by atoms with Crippen LogP contribution in [-0.4, -0.2) is 41.6 Å². The molecule has 0 spiro atoms. The molecule has 0 radical (unpaired) electrons. The third-order valence-electron chi connectivity index (χ3n) is 2.02. The van der Waals surface area contributed by atoms with Crippen molar-refractivity contribution in [1.82, 2.24) is 4.98 Å². The second-order valence-electron chi connectivity index (χ2n) is 3.23. The van der Waals surface area contributed by atoms with Crippen LogP contribution in [-0.2, 0) is 0 Å². The zero-order chi connectivity index (χ0) is 11.3. The number of nitrogens with one attached hydrogen (secondary N) is 1. The number of rotatable bonds is 5. The Morgan fingerprint density at radius 3 is 2.67 bits per heavy atom. The van der Waals surface area contributed by atoms with E-state index in [-0.39, 0.29) is 19.3 Å². The summed E-state index contributed by atoms with van der Waals surface area (Å²) < 4.78 is 5.10. The molecule has 1 aromatic heterocycles. The van der Waals surface area contributed by atoms with E-state index < -0.39 is 0 Å². The highest BCUT2D eigenvalue weighted by molar-refractivity contribution is 5.56. The van der Waals surface area contributed by atoms with Gasteiger partial charge in [-0.15, -0.1) is 0 Å². The number of aryl methyl sites for hydroxylation is 1. The summed E-state index contributed by atoms with van der Waals surface area (Å²) in [6.45, 7) is 1.58. The molecule has 0 aliphatic rings. The van der Waals surface area contributed by atoms with E-state index in [9.17, 15) is 0 Å². The molecule has 3 N–H and O–H groups in total. The van der Waals surface area contributed by atoms with Gasteiger partial charge in [-0.25, -0.2) is 0 Å². The third kappa shape index (κ3) is 3.07. The van der Waals surface area contributed by atoms with Crippen LogP contribution >= 0.6 is 0 Å². The molecular formula is C10H16N2O3. The third-order valence-corrected chi connectivity index (χ3v) is 2.02. The summed E-state index contributed by atoms with van der Waals surface area (Å²) in [6, 6.07) is 1.41. The number of aromatic nitrogens is 1. The summed E-state index contributed by atoms with van der Waals surface area (Å²) >= 11 is 0. The van der Waals surface area contributed by atoms with Gasteiger partial charge in [0.1, 0.15) is 0 Å². The van der Waals surface area contributed by atoms with Crippen molar-refractivity contribution in [2.24, 2.45) is 0 Å². The van der Waals surface area contributed by atoms with E-state index in [2.05, 4.69) is 10.3 Å². The number of hydrogen-bond donors (Lipinski definition) is 3. The molecule has 0 aliphatic heterocycles. The molecular weight excluding hydrogens is 196 g/mol. The van der Waals surface area contributed by atoms with Gasteiger partial charge >= 0.3 is 0 Å². The quantitative estimate of drug-likeness (QED) is 0.648. The Kier molecular flexibility index (Phi) is 4.33. The number of aliphatic hydroxyl groups excluding tert-OH is 2. The first-order chi connectivity index (χ1) is 7.21. The SMILES string of the molecule is COc1cnc(C)cc1NC(CO)CO. The first-order valence-electron chi connectivity index (χ1n) is 4.70. The number of aliphatic hydroxyl groups is 2. The number of hydrogen-bond acceptors (Lipinski definition) is 5. The molecule has 15 heavy (non-hydrogen) atoms. The lowest BCUT2D eigenvalue weighted by Crippen LogP contribution is -2.27. The molecule has 5 nitrogen and oxygen atoms in total. The molecule has 0 aliphatic carbocycles. The van der Waals surface area contributed by atoms with Crippen LogP contribution in [0.2, 0.25) is 0 Å². The molecule has 0 saturated heterocycles. The average Bonchev–Trinajstić information content (AvgIpc) is 2.26. The van der Waals surface area contributed by atoms with Crippen molar-refractivity contribution in [3.63, 3.8) is 0 Å². The number of anilines is 1. The maximum atomic E-state index is 8.94. The van der Waals surface area contributed by atoms with Crippen molar-refractivity contribution in [1.29, 1.82) is 0 Å². The number of pyridine rings is 1. The van der Waals surface area contributed by atoms with Crippen LogP contribution in [0.3, 0.4) is 0 Å². The lowest BCUT2D eigenvalue weighted by Gasteiger charge is -2.17. The Morgan fingerprint density at radius 1 is 1.47 bits per heavy atom. The summed E-state index contributed by atoms with van der Waals surface area (Å²) in [5, 5.41) is 20.9. The summed E-state index contributed by atoms with van der Waals surface area (Å²) in [6.07, 6.45) is 1.60. The van der Waals surface area contributed by atoms with E-state index in [0.717, 1.165) is 11.4 Å². The van der Waals surface area contributed by atoms with E-state index in [0.29, 0.717) is 5.75 Å². The molecule has 0 unspecified atom stereocenters. The minimum atomic E-state index is -0.388. The van der Waals surface area contributed by atoms with Crippen LogP contribution in [0.1, 0.15) is 5.69 Å². The lowest BCUT2D eigenvalue weighted by atomic mass is 10.2. The first-order valence-corrected chi connectivity index (χ1v) is 4.70. The molecule has 1 aromatic rings. The summed E-state index contributed by atoms with van der Waals surface area (Å²) in [7, 11) is 1.55. The zero-order valence-electron chi connectivity index (χ0n) is 8.90. The van der Waals surface area contributed by atoms with Gasteiger partial charge < -0.3 is 20.3 Å². The minimum absolute atomic E-state index is 0.138. The van der Waals surface area contributed by atoms with Crippen molar-refractivity contribution in [2.75, 3.05) is 25.6 Å². The molecule has 1 heterocycles. The molecule has 0 saturated carbocycles. The van der Waals surface area contributed by atoms with Gasteiger partial charge in [0.2, 0.25) is 0 Å². The number of nitrogens with zero attached hydrogens (tertiary/aromatic N) is 1. The van der Waals surface area contributed by atoms with Crippen LogP contribution in [0.15, 0.2) is 12.3 Å². The van der Waals surface area contributed by atoms with Gasteiger partial charge in [-0.3, -0.25) is 4.98 Å². The lowest BCUT2D eigenvalue weighted by molar-refractivity contribution is 0.203. The van der Waals surface area contributed by atoms with E-state index in [1.807, 2.05) is 6.92 Å². The highest BCUT2D eigenvalue weighted by Gasteiger charge is 2.09. The number of ether oxygens (including phenoxy) is 1. The molecule has 0 bridgehead atoms. The van der Waals surface area contributed by atoms with E-state index in [1.165, 1.54) is 0 Å². The minimum Gasteiger partial charge on any atom is -0.493 e. The fourth-order valence-corrected chi connectivity index (χ4v) is 1.19. The maximum Gasteiger partial charge on any atom is 0.160 e. The Bertz CT molecular complexity index is 314. The predicted molar refractivity (Wildman–Crippen MR) is 57.1 cm³/mol. The Labute approximate surface area is 88.7 Å². The van der Waals surface area contributed by atoms with Gasteiger partial charge in [0.25, 0.3) is 0 Å². The van der Waals surface area contributed by atoms with Crippen LogP contribution in [0, 0.1) is 6.92 Å². The fourth-order valence-electron chi connectivity index (χ4n) is 1.19. The van der Waals surface area contributed by atoms with Gasteiger partial charge in [-0.1, -0.05) is 0 Å². The standard InChI is InChI=1S/C10H16N2O3/c1-7-3-9(10(15-2)4-11-7)12-8(5-13)6-14/h3-4,8,13-14H,5-6H2,1-2H3,(H,11,12). The van der Waals surface area contributed by atoms with Crippen molar-refractivity contribution >= 4 is 5.69 Å². The molecule has 84 valence electrons. The zero-order valence-corrected chi connectivity index (χ0v) is 8.90. The fraction of sp³-hybridized carbons (Fsp3) is 0.500. The summed E-state index contributed by atoms with van der Waals surface area (Å²) in [5.41, 5.74) is 1.56. The second kappa shape index (κ2) is 5.53. The second-order valence-corrected chi connectivity index (χ2v) is 3.23. The highest BCUT2D eigenvalue weighted by Crippen LogP contribution is 2.23. The monoisotopic (exact) mass is 212 g/mol. The van der Waals surface area contributed by atoms with Gasteiger partial charge in [-0.05, 0) is 13.0 Å². The van der Waals surface area contributed by atoms with Crippen molar-refractivity contribution < 1.29 is 14.9 Å². The molecule has 0 amide bonds. The van der Waals surface area contributed by atoms with E-state index >= 15 is 0 Å². The van der Waals surface area contributed by atoms with Crippen LogP contribution in [0.4, 0.5) is 5.69 Å². The molecule has 1 rings (SSSR count). The first kappa shape index (κ1) is 11.7. The van der Waals surface area contributed by atoms with Gasteiger partial charge in [-0.2, -0.15) is 0 Å². The summed E-state index contributed by atoms with van der Waals surface area (Å²) in [4.78, 5) is 4.08. The van der Waals surface area contributed by atoms with Crippen LogP contribution in [0.5, 0.6) is 5.75 Å². The van der Waals surface area contributed by atoms with E-state index in [1.54, 1.807) is 19.4 Å². The molecule has 0 fully saturated rings.